The van der Waals surface area contributed by atoms with E-state index in [-0.39, 0.29) is 11.9 Å². The molecule has 0 aliphatic rings. The van der Waals surface area contributed by atoms with Crippen molar-refractivity contribution in [2.75, 3.05) is 24.3 Å². The zero-order chi connectivity index (χ0) is 24.9. The van der Waals surface area contributed by atoms with Crippen LogP contribution in [0, 0.1) is 0 Å². The van der Waals surface area contributed by atoms with Crippen LogP contribution in [-0.4, -0.2) is 36.5 Å². The Morgan fingerprint density at radius 3 is 2.35 bits per heavy atom. The molecule has 0 aliphatic heterocycles. The highest BCUT2D eigenvalue weighted by molar-refractivity contribution is 6.34. The van der Waals surface area contributed by atoms with Crippen molar-refractivity contribution >= 4 is 34.9 Å². The third-order valence-corrected chi connectivity index (χ3v) is 5.32. The lowest BCUT2D eigenvalue weighted by Crippen LogP contribution is -2.48. The SMILES string of the molecule is CN(C)c1ccc(NC(=O)c2ccccc2Cl)cc1CN(Cc1ccco1)C(=O)NC(C)(C)C. The number of nitrogens with zero attached hydrogens (tertiary/aromatic N) is 2. The molecule has 2 N–H and O–H groups in total. The van der Waals surface area contributed by atoms with Crippen molar-refractivity contribution < 1.29 is 14.0 Å². The van der Waals surface area contributed by atoms with Crippen molar-refractivity contribution in [2.45, 2.75) is 39.4 Å². The molecule has 2 aromatic carbocycles. The summed E-state index contributed by atoms with van der Waals surface area (Å²) in [5.74, 6) is 0.380. The summed E-state index contributed by atoms with van der Waals surface area (Å²) in [5.41, 5.74) is 2.42. The number of nitrogens with one attached hydrogen (secondary N) is 2. The fourth-order valence-electron chi connectivity index (χ4n) is 3.47. The predicted molar refractivity (Wildman–Crippen MR) is 136 cm³/mol. The van der Waals surface area contributed by atoms with E-state index in [9.17, 15) is 9.59 Å². The van der Waals surface area contributed by atoms with E-state index in [0.29, 0.717) is 35.1 Å². The number of halogens is 1. The van der Waals surface area contributed by atoms with Crippen LogP contribution in [0.4, 0.5) is 16.2 Å². The topological polar surface area (TPSA) is 77.8 Å². The van der Waals surface area contributed by atoms with E-state index in [4.69, 9.17) is 16.0 Å². The molecule has 3 aromatic rings. The van der Waals surface area contributed by atoms with Crippen LogP contribution in [0.2, 0.25) is 5.02 Å². The van der Waals surface area contributed by atoms with Gasteiger partial charge in [-0.25, -0.2) is 4.79 Å². The smallest absolute Gasteiger partial charge is 0.318 e. The van der Waals surface area contributed by atoms with Crippen LogP contribution in [0.3, 0.4) is 0 Å². The van der Waals surface area contributed by atoms with E-state index in [1.54, 1.807) is 41.5 Å². The van der Waals surface area contributed by atoms with Crippen molar-refractivity contribution in [3.05, 3.63) is 82.8 Å². The standard InChI is InChI=1S/C26H31ClN4O3/c1-26(2,3)29-25(33)31(17-20-9-8-14-34-20)16-18-15-19(12-13-23(18)30(4)5)28-24(32)21-10-6-7-11-22(21)27/h6-15H,16-17H2,1-5H3,(H,28,32)(H,29,33). The summed E-state index contributed by atoms with van der Waals surface area (Å²) in [6.07, 6.45) is 1.59. The second-order valence-corrected chi connectivity index (χ2v) is 9.69. The molecule has 180 valence electrons. The molecular weight excluding hydrogens is 452 g/mol. The van der Waals surface area contributed by atoms with Crippen LogP contribution >= 0.6 is 11.6 Å². The molecule has 0 fully saturated rings. The van der Waals surface area contributed by atoms with Gasteiger partial charge in [-0.2, -0.15) is 0 Å². The van der Waals surface area contributed by atoms with Crippen LogP contribution in [0.1, 0.15) is 42.5 Å². The van der Waals surface area contributed by atoms with Gasteiger partial charge in [0.25, 0.3) is 5.91 Å². The van der Waals surface area contributed by atoms with Gasteiger partial charge in [-0.05, 0) is 68.8 Å². The van der Waals surface area contributed by atoms with Crippen molar-refractivity contribution in [3.63, 3.8) is 0 Å². The highest BCUT2D eigenvalue weighted by atomic mass is 35.5. The predicted octanol–water partition coefficient (Wildman–Crippen LogP) is 5.76. The van der Waals surface area contributed by atoms with Gasteiger partial charge in [-0.15, -0.1) is 0 Å². The van der Waals surface area contributed by atoms with Gasteiger partial charge in [0.05, 0.1) is 29.9 Å². The van der Waals surface area contributed by atoms with Gasteiger partial charge in [-0.1, -0.05) is 23.7 Å². The first-order valence-electron chi connectivity index (χ1n) is 11.0. The number of benzene rings is 2. The van der Waals surface area contributed by atoms with Gasteiger partial charge in [0.15, 0.2) is 0 Å². The van der Waals surface area contributed by atoms with Crippen LogP contribution in [-0.2, 0) is 13.1 Å². The molecule has 34 heavy (non-hydrogen) atoms. The lowest BCUT2D eigenvalue weighted by atomic mass is 10.1. The molecule has 8 heteroatoms. The summed E-state index contributed by atoms with van der Waals surface area (Å²) < 4.78 is 5.49. The number of urea groups is 1. The Balaban J connectivity index is 1.90. The minimum Gasteiger partial charge on any atom is -0.467 e. The van der Waals surface area contributed by atoms with Gasteiger partial charge in [-0.3, -0.25) is 4.79 Å². The van der Waals surface area contributed by atoms with E-state index in [0.717, 1.165) is 11.3 Å². The largest absolute Gasteiger partial charge is 0.467 e. The molecular formula is C26H31ClN4O3. The lowest BCUT2D eigenvalue weighted by molar-refractivity contribution is 0.102. The molecule has 0 saturated carbocycles. The maximum atomic E-state index is 13.1. The van der Waals surface area contributed by atoms with Crippen LogP contribution in [0.5, 0.6) is 0 Å². The first-order chi connectivity index (χ1) is 16.0. The third-order valence-electron chi connectivity index (χ3n) is 4.99. The quantitative estimate of drug-likeness (QED) is 0.448. The van der Waals surface area contributed by atoms with Crippen molar-refractivity contribution in [1.29, 1.82) is 0 Å². The lowest BCUT2D eigenvalue weighted by Gasteiger charge is -2.29. The van der Waals surface area contributed by atoms with Gasteiger partial charge in [0, 0.05) is 31.0 Å². The van der Waals surface area contributed by atoms with Gasteiger partial charge >= 0.3 is 6.03 Å². The summed E-state index contributed by atoms with van der Waals surface area (Å²) in [4.78, 5) is 29.6. The highest BCUT2D eigenvalue weighted by Gasteiger charge is 2.23. The number of anilines is 2. The van der Waals surface area contributed by atoms with E-state index >= 15 is 0 Å². The maximum Gasteiger partial charge on any atom is 0.318 e. The third kappa shape index (κ3) is 6.78. The Morgan fingerprint density at radius 2 is 1.74 bits per heavy atom. The van der Waals surface area contributed by atoms with E-state index in [2.05, 4.69) is 10.6 Å². The number of carbonyl (C=O) groups is 2. The summed E-state index contributed by atoms with van der Waals surface area (Å²) in [5, 5.41) is 6.32. The van der Waals surface area contributed by atoms with Gasteiger partial charge < -0.3 is 24.9 Å². The number of hydrogen-bond donors (Lipinski definition) is 2. The molecule has 7 nitrogen and oxygen atoms in total. The molecule has 3 amide bonds. The zero-order valence-electron chi connectivity index (χ0n) is 20.2. The molecule has 1 aromatic heterocycles. The fraction of sp³-hybridized carbons (Fsp3) is 0.308. The number of hydrogen-bond acceptors (Lipinski definition) is 4. The number of rotatable bonds is 7. The van der Waals surface area contributed by atoms with Gasteiger partial charge in [0.2, 0.25) is 0 Å². The molecule has 0 atom stereocenters. The molecule has 0 radical (unpaired) electrons. The maximum absolute atomic E-state index is 13.1. The molecule has 0 spiro atoms. The Kier molecular flexibility index (Phi) is 7.89. The average Bonchev–Trinajstić information content (AvgIpc) is 3.25. The minimum absolute atomic E-state index is 0.209. The van der Waals surface area contributed by atoms with Crippen LogP contribution in [0.15, 0.2) is 65.3 Å². The normalized spacial score (nSPS) is 11.1. The van der Waals surface area contributed by atoms with Crippen molar-refractivity contribution in [3.8, 4) is 0 Å². The Labute approximate surface area is 205 Å². The van der Waals surface area contributed by atoms with E-state index < -0.39 is 5.54 Å². The van der Waals surface area contributed by atoms with Crippen LogP contribution < -0.4 is 15.5 Å². The average molecular weight is 483 g/mol. The summed E-state index contributed by atoms with van der Waals surface area (Å²) in [6.45, 7) is 6.42. The van der Waals surface area contributed by atoms with E-state index in [1.807, 2.05) is 64.0 Å². The number of amides is 3. The fourth-order valence-corrected chi connectivity index (χ4v) is 3.69. The van der Waals surface area contributed by atoms with Gasteiger partial charge in [0.1, 0.15) is 5.76 Å². The second-order valence-electron chi connectivity index (χ2n) is 9.29. The molecule has 0 unspecified atom stereocenters. The summed E-state index contributed by atoms with van der Waals surface area (Å²) >= 11 is 6.18. The molecule has 0 saturated heterocycles. The van der Waals surface area contributed by atoms with Crippen LogP contribution in [0.25, 0.3) is 0 Å². The minimum atomic E-state index is -0.395. The van der Waals surface area contributed by atoms with Crippen molar-refractivity contribution in [2.24, 2.45) is 0 Å². The molecule has 3 rings (SSSR count). The first-order valence-corrected chi connectivity index (χ1v) is 11.4. The number of furan rings is 1. The Bertz CT molecular complexity index is 1140. The summed E-state index contributed by atoms with van der Waals surface area (Å²) in [6, 6.07) is 16.0. The first kappa shape index (κ1) is 25.2. The molecule has 0 aliphatic carbocycles. The monoisotopic (exact) mass is 482 g/mol. The van der Waals surface area contributed by atoms with Crippen molar-refractivity contribution in [1.82, 2.24) is 10.2 Å². The molecule has 1 heterocycles. The summed E-state index contributed by atoms with van der Waals surface area (Å²) in [7, 11) is 3.87. The number of carbonyl (C=O) groups excluding carboxylic acids is 2. The second kappa shape index (κ2) is 10.7. The van der Waals surface area contributed by atoms with E-state index in [1.165, 1.54) is 0 Å². The Hall–Kier alpha value is -3.45. The molecule has 0 bridgehead atoms. The zero-order valence-corrected chi connectivity index (χ0v) is 20.9. The Morgan fingerprint density at radius 1 is 1.00 bits per heavy atom. The highest BCUT2D eigenvalue weighted by Crippen LogP contribution is 2.26.